The number of rotatable bonds is 7. The van der Waals surface area contributed by atoms with E-state index in [1.54, 1.807) is 0 Å². The highest BCUT2D eigenvalue weighted by molar-refractivity contribution is 7.80. The fourth-order valence-electron chi connectivity index (χ4n) is 3.76. The molecule has 186 valence electrons. The van der Waals surface area contributed by atoms with Gasteiger partial charge in [-0.25, -0.2) is 0 Å². The van der Waals surface area contributed by atoms with E-state index in [0.717, 1.165) is 24.8 Å². The molecule has 35 heavy (non-hydrogen) atoms. The van der Waals surface area contributed by atoms with Crippen molar-refractivity contribution < 1.29 is 19.2 Å². The highest BCUT2D eigenvalue weighted by atomic mass is 32.1. The Morgan fingerprint density at radius 3 is 2.34 bits per heavy atom. The highest BCUT2D eigenvalue weighted by Gasteiger charge is 2.22. The lowest BCUT2D eigenvalue weighted by Crippen LogP contribution is -2.49. The molecule has 3 rings (SSSR count). The van der Waals surface area contributed by atoms with Crippen molar-refractivity contribution in [2.24, 2.45) is 5.92 Å². The first-order valence-corrected chi connectivity index (χ1v) is 11.7. The lowest BCUT2D eigenvalue weighted by atomic mass is 10.1. The molecule has 1 aliphatic heterocycles. The average Bonchev–Trinajstić information content (AvgIpc) is 2.83. The quantitative estimate of drug-likeness (QED) is 0.338. The number of nitro groups is 1. The molecule has 10 nitrogen and oxygen atoms in total. The van der Waals surface area contributed by atoms with Crippen LogP contribution in [0, 0.1) is 16.0 Å². The van der Waals surface area contributed by atoms with Crippen LogP contribution in [-0.2, 0) is 4.79 Å². The van der Waals surface area contributed by atoms with Crippen LogP contribution in [0.1, 0.15) is 30.6 Å². The number of carbonyl (C=O) groups is 2. The van der Waals surface area contributed by atoms with E-state index in [2.05, 4.69) is 15.5 Å². The van der Waals surface area contributed by atoms with E-state index < -0.39 is 10.8 Å². The first kappa shape index (κ1) is 25.9. The molecular weight excluding hydrogens is 470 g/mol. The number of benzene rings is 2. The van der Waals surface area contributed by atoms with Crippen molar-refractivity contribution >= 4 is 46.2 Å². The molecule has 0 bridgehead atoms. The van der Waals surface area contributed by atoms with Crippen LogP contribution in [0.25, 0.3) is 0 Å². The zero-order valence-electron chi connectivity index (χ0n) is 19.9. The van der Waals surface area contributed by atoms with E-state index in [-0.39, 0.29) is 28.0 Å². The van der Waals surface area contributed by atoms with Gasteiger partial charge in [-0.3, -0.25) is 25.0 Å². The Morgan fingerprint density at radius 1 is 1.11 bits per heavy atom. The SMILES string of the molecule is COc1ccc(C(=O)NC(=S)Nc2ccc(N3CCN(C(=O)CC(C)C)CC3)cc2)cc1[N+](=O)[O-]. The fraction of sp³-hybridized carbons (Fsp3) is 0.375. The predicted octanol–water partition coefficient (Wildman–Crippen LogP) is 3.42. The molecule has 0 unspecified atom stereocenters. The van der Waals surface area contributed by atoms with Crippen LogP contribution < -0.4 is 20.3 Å². The Balaban J connectivity index is 1.53. The van der Waals surface area contributed by atoms with Gasteiger partial charge in [0.2, 0.25) is 5.91 Å². The normalized spacial score (nSPS) is 13.4. The molecule has 0 atom stereocenters. The second-order valence-electron chi connectivity index (χ2n) is 8.56. The lowest BCUT2D eigenvalue weighted by molar-refractivity contribution is -0.385. The molecule has 1 heterocycles. The number of piperazine rings is 1. The van der Waals surface area contributed by atoms with Gasteiger partial charge in [0.05, 0.1) is 12.0 Å². The summed E-state index contributed by atoms with van der Waals surface area (Å²) >= 11 is 5.22. The molecule has 2 N–H and O–H groups in total. The van der Waals surface area contributed by atoms with Crippen LogP contribution in [0.15, 0.2) is 42.5 Å². The fourth-order valence-corrected chi connectivity index (χ4v) is 3.97. The van der Waals surface area contributed by atoms with Crippen LogP contribution in [0.2, 0.25) is 0 Å². The van der Waals surface area contributed by atoms with Gasteiger partial charge in [0.1, 0.15) is 0 Å². The summed E-state index contributed by atoms with van der Waals surface area (Å²) in [5.74, 6) is 0.0517. The smallest absolute Gasteiger partial charge is 0.311 e. The standard InChI is InChI=1S/C24H29N5O5S/c1-16(2)14-22(30)28-12-10-27(11-13-28)19-7-5-18(6-8-19)25-24(35)26-23(31)17-4-9-21(34-3)20(15-17)29(32)33/h4-9,15-16H,10-14H2,1-3H3,(H2,25,26,31,35). The number of thiocarbonyl (C=S) groups is 1. The van der Waals surface area contributed by atoms with E-state index in [1.807, 2.05) is 43.0 Å². The number of hydrogen-bond donors (Lipinski definition) is 2. The van der Waals surface area contributed by atoms with Gasteiger partial charge < -0.3 is 19.9 Å². The average molecular weight is 500 g/mol. The largest absolute Gasteiger partial charge is 0.490 e. The summed E-state index contributed by atoms with van der Waals surface area (Å²) in [5, 5.41) is 16.7. The summed E-state index contributed by atoms with van der Waals surface area (Å²) in [7, 11) is 1.32. The third-order valence-corrected chi connectivity index (χ3v) is 5.77. The van der Waals surface area contributed by atoms with E-state index >= 15 is 0 Å². The minimum Gasteiger partial charge on any atom is -0.490 e. The van der Waals surface area contributed by atoms with Gasteiger partial charge in [0, 0.05) is 55.6 Å². The molecule has 2 amide bonds. The Kier molecular flexibility index (Phi) is 8.58. The number of anilines is 2. The maximum Gasteiger partial charge on any atom is 0.311 e. The molecule has 1 fully saturated rings. The lowest BCUT2D eigenvalue weighted by Gasteiger charge is -2.36. The summed E-state index contributed by atoms with van der Waals surface area (Å²) < 4.78 is 4.95. The minimum absolute atomic E-state index is 0.0657. The zero-order valence-corrected chi connectivity index (χ0v) is 20.8. The van der Waals surface area contributed by atoms with Gasteiger partial charge in [-0.1, -0.05) is 13.8 Å². The molecular formula is C24H29N5O5S. The number of carbonyl (C=O) groups excluding carboxylic acids is 2. The molecule has 1 aliphatic rings. The number of methoxy groups -OCH3 is 1. The van der Waals surface area contributed by atoms with Crippen LogP contribution in [0.3, 0.4) is 0 Å². The summed E-state index contributed by atoms with van der Waals surface area (Å²) in [4.78, 5) is 39.4. The summed E-state index contributed by atoms with van der Waals surface area (Å²) in [6.45, 7) is 7.02. The van der Waals surface area contributed by atoms with Crippen molar-refractivity contribution in [1.29, 1.82) is 0 Å². The number of nitrogens with one attached hydrogen (secondary N) is 2. The third-order valence-electron chi connectivity index (χ3n) is 5.57. The van der Waals surface area contributed by atoms with Crippen molar-refractivity contribution in [2.75, 3.05) is 43.5 Å². The van der Waals surface area contributed by atoms with Gasteiger partial charge in [-0.15, -0.1) is 0 Å². The van der Waals surface area contributed by atoms with Gasteiger partial charge in [0.25, 0.3) is 5.91 Å². The number of nitrogens with zero attached hydrogens (tertiary/aromatic N) is 3. The van der Waals surface area contributed by atoms with Crippen molar-refractivity contribution in [2.45, 2.75) is 20.3 Å². The Bertz CT molecular complexity index is 1100. The summed E-state index contributed by atoms with van der Waals surface area (Å²) in [6.07, 6.45) is 0.576. The van der Waals surface area contributed by atoms with Gasteiger partial charge in [-0.2, -0.15) is 0 Å². The number of nitro benzene ring substituents is 1. The van der Waals surface area contributed by atoms with E-state index in [9.17, 15) is 19.7 Å². The summed E-state index contributed by atoms with van der Waals surface area (Å²) in [5.41, 5.74) is 1.50. The Morgan fingerprint density at radius 2 is 1.77 bits per heavy atom. The van der Waals surface area contributed by atoms with E-state index in [0.29, 0.717) is 31.1 Å². The molecule has 0 spiro atoms. The Hall–Kier alpha value is -3.73. The Labute approximate surface area is 209 Å². The number of ether oxygens (including phenoxy) is 1. The molecule has 11 heteroatoms. The predicted molar refractivity (Wildman–Crippen MR) is 138 cm³/mol. The van der Waals surface area contributed by atoms with Crippen molar-refractivity contribution in [3.05, 3.63) is 58.1 Å². The second-order valence-corrected chi connectivity index (χ2v) is 8.97. The van der Waals surface area contributed by atoms with Gasteiger partial charge in [-0.05, 0) is 54.5 Å². The summed E-state index contributed by atoms with van der Waals surface area (Å²) in [6, 6.07) is 11.5. The van der Waals surface area contributed by atoms with Gasteiger partial charge in [0.15, 0.2) is 10.9 Å². The molecule has 0 radical (unpaired) electrons. The van der Waals surface area contributed by atoms with Crippen LogP contribution in [0.5, 0.6) is 5.75 Å². The topological polar surface area (TPSA) is 117 Å². The number of amides is 2. The van der Waals surface area contributed by atoms with Crippen LogP contribution in [0.4, 0.5) is 17.1 Å². The third kappa shape index (κ3) is 6.89. The molecule has 0 aliphatic carbocycles. The van der Waals surface area contributed by atoms with E-state index in [1.165, 1.54) is 19.2 Å². The van der Waals surface area contributed by atoms with Crippen molar-refractivity contribution in [3.63, 3.8) is 0 Å². The zero-order chi connectivity index (χ0) is 25.5. The first-order chi connectivity index (χ1) is 16.7. The highest BCUT2D eigenvalue weighted by Crippen LogP contribution is 2.27. The van der Waals surface area contributed by atoms with Crippen LogP contribution >= 0.6 is 12.2 Å². The molecule has 0 aromatic heterocycles. The maximum absolute atomic E-state index is 12.5. The monoisotopic (exact) mass is 499 g/mol. The molecule has 0 saturated carbocycles. The molecule has 1 saturated heterocycles. The van der Waals surface area contributed by atoms with Crippen molar-refractivity contribution in [3.8, 4) is 5.75 Å². The maximum atomic E-state index is 12.5. The number of hydrogen-bond acceptors (Lipinski definition) is 7. The van der Waals surface area contributed by atoms with E-state index in [4.69, 9.17) is 17.0 Å². The minimum atomic E-state index is -0.614. The second kappa shape index (κ2) is 11.6. The van der Waals surface area contributed by atoms with Gasteiger partial charge >= 0.3 is 5.69 Å². The first-order valence-electron chi connectivity index (χ1n) is 11.3. The molecule has 2 aromatic rings. The van der Waals surface area contributed by atoms with Crippen LogP contribution in [-0.4, -0.2) is 60.0 Å². The van der Waals surface area contributed by atoms with Crippen molar-refractivity contribution in [1.82, 2.24) is 10.2 Å². The molecule has 2 aromatic carbocycles.